The molecule has 1 aliphatic rings. The second kappa shape index (κ2) is 13.3. The van der Waals surface area contributed by atoms with Gasteiger partial charge in [0.2, 0.25) is 0 Å². The number of pyridine rings is 3. The Morgan fingerprint density at radius 2 is 1.65 bits per heavy atom. The lowest BCUT2D eigenvalue weighted by molar-refractivity contribution is 0.237. The molecule has 0 bridgehead atoms. The van der Waals surface area contributed by atoms with Crippen molar-refractivity contribution in [3.8, 4) is 39.5 Å². The molecule has 1 aliphatic heterocycles. The Bertz CT molecular complexity index is 2190. The zero-order chi connectivity index (χ0) is 32.3. The molecule has 2 aromatic carbocycles. The Morgan fingerprint density at radius 1 is 0.792 bits per heavy atom. The summed E-state index contributed by atoms with van der Waals surface area (Å²) in [4.78, 5) is 19.7. The molecule has 6 heterocycles. The summed E-state index contributed by atoms with van der Waals surface area (Å²) in [7, 11) is 0. The molecule has 5 aromatic heterocycles. The van der Waals surface area contributed by atoms with Crippen LogP contribution in [0.2, 0.25) is 0 Å². The van der Waals surface area contributed by atoms with Crippen LogP contribution in [0.3, 0.4) is 0 Å². The van der Waals surface area contributed by atoms with Crippen LogP contribution in [0.1, 0.15) is 24.0 Å². The SMILES string of the molecule is Fc1cc(OCCN2CCCC2)cc(-c2nccc3[nH]c(-c4n[nH]c5ncc(-c6cncc(CNCc7ccccc7)c6)cc45)cc23)c1. The highest BCUT2D eigenvalue weighted by molar-refractivity contribution is 6.00. The lowest BCUT2D eigenvalue weighted by Crippen LogP contribution is -2.25. The lowest BCUT2D eigenvalue weighted by atomic mass is 10.1. The second-order valence-corrected chi connectivity index (χ2v) is 12.2. The van der Waals surface area contributed by atoms with E-state index in [1.54, 1.807) is 6.20 Å². The molecule has 3 N–H and O–H groups in total. The van der Waals surface area contributed by atoms with Crippen LogP contribution in [0.15, 0.2) is 97.6 Å². The maximum atomic E-state index is 14.8. The summed E-state index contributed by atoms with van der Waals surface area (Å²) in [5.74, 6) is 0.141. The van der Waals surface area contributed by atoms with Crippen molar-refractivity contribution in [2.45, 2.75) is 25.9 Å². The summed E-state index contributed by atoms with van der Waals surface area (Å²) >= 11 is 0. The Labute approximate surface area is 277 Å². The molecular weight excluding hydrogens is 603 g/mol. The highest BCUT2D eigenvalue weighted by atomic mass is 19.1. The van der Waals surface area contributed by atoms with Gasteiger partial charge in [-0.3, -0.25) is 20.0 Å². The number of ether oxygens (including phenoxy) is 1. The molecule has 0 aliphatic carbocycles. The van der Waals surface area contributed by atoms with Gasteiger partial charge >= 0.3 is 0 Å². The Hall–Kier alpha value is -5.45. The predicted molar refractivity (Wildman–Crippen MR) is 186 cm³/mol. The van der Waals surface area contributed by atoms with Crippen molar-refractivity contribution in [3.63, 3.8) is 0 Å². The number of aromatic nitrogens is 6. The van der Waals surface area contributed by atoms with Crippen LogP contribution in [0.4, 0.5) is 4.39 Å². The predicted octanol–water partition coefficient (Wildman–Crippen LogP) is 7.13. The zero-order valence-corrected chi connectivity index (χ0v) is 26.4. The average Bonchev–Trinajstić information content (AvgIpc) is 3.88. The van der Waals surface area contributed by atoms with Gasteiger partial charge in [-0.2, -0.15) is 5.10 Å². The number of fused-ring (bicyclic) bond motifs is 2. The molecule has 7 aromatic rings. The molecule has 0 unspecified atom stereocenters. The van der Waals surface area contributed by atoms with E-state index in [2.05, 4.69) is 64.6 Å². The minimum atomic E-state index is -0.360. The molecule has 0 amide bonds. The van der Waals surface area contributed by atoms with Crippen LogP contribution in [-0.4, -0.2) is 61.3 Å². The largest absolute Gasteiger partial charge is 0.492 e. The van der Waals surface area contributed by atoms with Crippen LogP contribution in [-0.2, 0) is 13.1 Å². The van der Waals surface area contributed by atoms with Gasteiger partial charge in [-0.05, 0) is 73.5 Å². The maximum Gasteiger partial charge on any atom is 0.155 e. The normalized spacial score (nSPS) is 13.5. The van der Waals surface area contributed by atoms with Crippen molar-refractivity contribution < 1.29 is 9.13 Å². The molecule has 1 saturated heterocycles. The standard InChI is InChI=1S/C38H35FN8O/c39-30-15-27(16-31(18-30)48-13-12-47-10-4-5-11-47)36-32-19-35(44-34(32)8-9-42-36)37-33-17-29(24-43-38(33)46-45-37)28-14-26(22-41-23-28)21-40-20-25-6-2-1-3-7-25/h1-3,6-9,14-19,22-24,40,44H,4-5,10-13,20-21H2,(H,43,45,46). The molecule has 1 fully saturated rings. The fraction of sp³-hybridized carbons (Fsp3) is 0.211. The first-order valence-corrected chi connectivity index (χ1v) is 16.3. The van der Waals surface area contributed by atoms with Gasteiger partial charge in [0.05, 0.1) is 11.4 Å². The molecule has 9 nitrogen and oxygen atoms in total. The average molecular weight is 639 g/mol. The summed E-state index contributed by atoms with van der Waals surface area (Å²) < 4.78 is 20.8. The number of hydrogen-bond acceptors (Lipinski definition) is 7. The van der Waals surface area contributed by atoms with Crippen LogP contribution in [0, 0.1) is 5.82 Å². The number of H-pyrrole nitrogens is 2. The minimum absolute atomic E-state index is 0.360. The van der Waals surface area contributed by atoms with Gasteiger partial charge < -0.3 is 15.0 Å². The van der Waals surface area contributed by atoms with E-state index >= 15 is 0 Å². The van der Waals surface area contributed by atoms with Gasteiger partial charge in [0.25, 0.3) is 0 Å². The summed E-state index contributed by atoms with van der Waals surface area (Å²) in [6, 6.07) is 23.3. The van der Waals surface area contributed by atoms with E-state index in [4.69, 9.17) is 4.74 Å². The minimum Gasteiger partial charge on any atom is -0.492 e. The second-order valence-electron chi connectivity index (χ2n) is 12.2. The molecule has 0 spiro atoms. The van der Waals surface area contributed by atoms with E-state index in [9.17, 15) is 4.39 Å². The Balaban J connectivity index is 1.05. The van der Waals surface area contributed by atoms with Crippen molar-refractivity contribution in [2.75, 3.05) is 26.2 Å². The number of rotatable bonds is 11. The smallest absolute Gasteiger partial charge is 0.155 e. The fourth-order valence-electron chi connectivity index (χ4n) is 6.45. The third-order valence-corrected chi connectivity index (χ3v) is 8.87. The van der Waals surface area contributed by atoms with Gasteiger partial charge in [0.15, 0.2) is 5.65 Å². The van der Waals surface area contributed by atoms with E-state index in [1.165, 1.54) is 30.5 Å². The van der Waals surface area contributed by atoms with E-state index in [-0.39, 0.29) is 5.82 Å². The van der Waals surface area contributed by atoms with E-state index in [1.807, 2.05) is 55.0 Å². The van der Waals surface area contributed by atoms with Crippen molar-refractivity contribution in [3.05, 3.63) is 115 Å². The molecule has 240 valence electrons. The number of aromatic amines is 2. The third kappa shape index (κ3) is 6.40. The Morgan fingerprint density at radius 3 is 2.54 bits per heavy atom. The monoisotopic (exact) mass is 638 g/mol. The summed E-state index contributed by atoms with van der Waals surface area (Å²) in [5, 5.41) is 12.9. The van der Waals surface area contributed by atoms with Gasteiger partial charge in [0.1, 0.15) is 23.9 Å². The number of nitrogens with one attached hydrogen (secondary N) is 3. The van der Waals surface area contributed by atoms with Gasteiger partial charge in [-0.15, -0.1) is 0 Å². The molecule has 48 heavy (non-hydrogen) atoms. The van der Waals surface area contributed by atoms with Gasteiger partial charge in [-0.1, -0.05) is 30.3 Å². The number of benzene rings is 2. The molecule has 10 heteroatoms. The summed E-state index contributed by atoms with van der Waals surface area (Å²) in [5.41, 5.74) is 8.66. The highest BCUT2D eigenvalue weighted by Crippen LogP contribution is 2.35. The highest BCUT2D eigenvalue weighted by Gasteiger charge is 2.17. The first-order valence-electron chi connectivity index (χ1n) is 16.3. The van der Waals surface area contributed by atoms with Crippen molar-refractivity contribution in [2.24, 2.45) is 0 Å². The van der Waals surface area contributed by atoms with Crippen molar-refractivity contribution >= 4 is 21.9 Å². The number of nitrogens with zero attached hydrogens (tertiary/aromatic N) is 5. The van der Waals surface area contributed by atoms with Crippen molar-refractivity contribution in [1.29, 1.82) is 0 Å². The van der Waals surface area contributed by atoms with Crippen LogP contribution >= 0.6 is 0 Å². The number of likely N-dealkylation sites (tertiary alicyclic amines) is 1. The molecule has 0 radical (unpaired) electrons. The topological polar surface area (TPSA) is 108 Å². The number of hydrogen-bond donors (Lipinski definition) is 3. The van der Waals surface area contributed by atoms with Gasteiger partial charge in [-0.25, -0.2) is 9.37 Å². The molecule has 0 saturated carbocycles. The van der Waals surface area contributed by atoms with Gasteiger partial charge in [0, 0.05) is 83.5 Å². The lowest BCUT2D eigenvalue weighted by Gasteiger charge is -2.15. The third-order valence-electron chi connectivity index (χ3n) is 8.87. The quantitative estimate of drug-likeness (QED) is 0.138. The molecule has 0 atom stereocenters. The summed E-state index contributed by atoms with van der Waals surface area (Å²) in [6.45, 7) is 5.03. The first kappa shape index (κ1) is 29.9. The van der Waals surface area contributed by atoms with E-state index < -0.39 is 0 Å². The molecular formula is C38H35FN8O. The van der Waals surface area contributed by atoms with Crippen LogP contribution in [0.25, 0.3) is 55.7 Å². The van der Waals surface area contributed by atoms with Crippen molar-refractivity contribution in [1.82, 2.24) is 40.3 Å². The maximum absolute atomic E-state index is 14.8. The van der Waals surface area contributed by atoms with Crippen LogP contribution < -0.4 is 10.1 Å². The van der Waals surface area contributed by atoms with E-state index in [0.29, 0.717) is 35.8 Å². The fourth-order valence-corrected chi connectivity index (χ4v) is 6.45. The zero-order valence-electron chi connectivity index (χ0n) is 26.4. The van der Waals surface area contributed by atoms with Crippen LogP contribution in [0.5, 0.6) is 5.75 Å². The molecule has 8 rings (SSSR count). The summed E-state index contributed by atoms with van der Waals surface area (Å²) in [6.07, 6.45) is 9.76. The van der Waals surface area contributed by atoms with E-state index in [0.717, 1.165) is 70.5 Å². The number of halogens is 1. The Kier molecular flexibility index (Phi) is 8.32. The first-order chi connectivity index (χ1) is 23.7.